The summed E-state index contributed by atoms with van der Waals surface area (Å²) in [5, 5.41) is 15.2. The van der Waals surface area contributed by atoms with Crippen LogP contribution >= 0.6 is 11.3 Å². The molecule has 0 atom stereocenters. The van der Waals surface area contributed by atoms with Gasteiger partial charge in [0, 0.05) is 5.56 Å². The first-order valence-electron chi connectivity index (χ1n) is 6.98. The van der Waals surface area contributed by atoms with Gasteiger partial charge in [-0.1, -0.05) is 18.3 Å². The third-order valence-electron chi connectivity index (χ3n) is 3.23. The molecule has 0 aliphatic rings. The summed E-state index contributed by atoms with van der Waals surface area (Å²) in [6, 6.07) is 7.74. The fourth-order valence-corrected chi connectivity index (χ4v) is 3.07. The summed E-state index contributed by atoms with van der Waals surface area (Å²) < 4.78 is 7.19. The number of benzene rings is 1. The molecule has 6 heteroatoms. The van der Waals surface area contributed by atoms with Gasteiger partial charge in [-0.25, -0.2) is 9.50 Å². The van der Waals surface area contributed by atoms with Gasteiger partial charge in [0.05, 0.1) is 24.6 Å². The van der Waals surface area contributed by atoms with Gasteiger partial charge >= 0.3 is 0 Å². The van der Waals surface area contributed by atoms with Gasteiger partial charge in [-0.3, -0.25) is 0 Å². The van der Waals surface area contributed by atoms with Crippen LogP contribution in [0.3, 0.4) is 0 Å². The number of hydrogen-bond donors (Lipinski definition) is 1. The summed E-state index contributed by atoms with van der Waals surface area (Å²) in [5.41, 5.74) is 2.46. The van der Waals surface area contributed by atoms with E-state index in [2.05, 4.69) is 17.0 Å². The van der Waals surface area contributed by atoms with Gasteiger partial charge in [-0.15, -0.1) is 0 Å². The van der Waals surface area contributed by atoms with E-state index in [0.29, 0.717) is 6.61 Å². The lowest BCUT2D eigenvalue weighted by Crippen LogP contribution is -1.96. The topological polar surface area (TPSA) is 59.7 Å². The Morgan fingerprint density at radius 1 is 1.24 bits per heavy atom. The van der Waals surface area contributed by atoms with Crippen LogP contribution in [-0.2, 0) is 13.0 Å². The number of rotatable bonds is 5. The highest BCUT2D eigenvalue weighted by atomic mass is 32.1. The Balaban J connectivity index is 2.04. The second-order valence-corrected chi connectivity index (χ2v) is 5.61. The molecule has 1 N–H and O–H groups in total. The van der Waals surface area contributed by atoms with Gasteiger partial charge < -0.3 is 9.84 Å². The van der Waals surface area contributed by atoms with E-state index in [0.717, 1.165) is 39.1 Å². The van der Waals surface area contributed by atoms with Crippen LogP contribution in [0.1, 0.15) is 24.5 Å². The number of fused-ring (bicyclic) bond motifs is 1. The van der Waals surface area contributed by atoms with Crippen molar-refractivity contribution in [3.63, 3.8) is 0 Å². The zero-order chi connectivity index (χ0) is 14.8. The van der Waals surface area contributed by atoms with E-state index in [1.54, 1.807) is 15.9 Å². The molecular weight excluding hydrogens is 286 g/mol. The number of nitrogens with zero attached hydrogens (tertiary/aromatic N) is 3. The van der Waals surface area contributed by atoms with Crippen LogP contribution in [0.2, 0.25) is 0 Å². The van der Waals surface area contributed by atoms with Crippen molar-refractivity contribution in [1.29, 1.82) is 0 Å². The Morgan fingerprint density at radius 2 is 2.00 bits per heavy atom. The van der Waals surface area contributed by atoms with Gasteiger partial charge in [0.15, 0.2) is 0 Å². The maximum atomic E-state index is 9.67. The molecule has 110 valence electrons. The Bertz CT molecular complexity index is 746. The summed E-state index contributed by atoms with van der Waals surface area (Å²) in [6.07, 6.45) is 0.872. The molecular formula is C15H17N3O2S. The van der Waals surface area contributed by atoms with Crippen LogP contribution in [0.15, 0.2) is 24.3 Å². The monoisotopic (exact) mass is 303 g/mol. The highest BCUT2D eigenvalue weighted by molar-refractivity contribution is 7.16. The van der Waals surface area contributed by atoms with Crippen molar-refractivity contribution in [3.8, 4) is 17.0 Å². The minimum atomic E-state index is -0.0867. The third-order valence-corrected chi connectivity index (χ3v) is 4.28. The van der Waals surface area contributed by atoms with Crippen molar-refractivity contribution < 1.29 is 9.84 Å². The number of imidazole rings is 1. The Hall–Kier alpha value is -1.92. The van der Waals surface area contributed by atoms with E-state index in [9.17, 15) is 5.11 Å². The minimum absolute atomic E-state index is 0.0867. The molecule has 0 spiro atoms. The number of aliphatic hydroxyl groups is 1. The minimum Gasteiger partial charge on any atom is -0.494 e. The molecule has 0 aliphatic carbocycles. The first kappa shape index (κ1) is 14.0. The lowest BCUT2D eigenvalue weighted by Gasteiger charge is -2.04. The van der Waals surface area contributed by atoms with Crippen LogP contribution in [0.5, 0.6) is 5.75 Å². The largest absolute Gasteiger partial charge is 0.494 e. The summed E-state index contributed by atoms with van der Waals surface area (Å²) in [4.78, 5) is 5.44. The number of aromatic nitrogens is 3. The van der Waals surface area contributed by atoms with E-state index < -0.39 is 0 Å². The normalized spacial score (nSPS) is 11.2. The first-order chi connectivity index (χ1) is 10.3. The number of aliphatic hydroxyl groups excluding tert-OH is 1. The summed E-state index contributed by atoms with van der Waals surface area (Å²) in [5.74, 6) is 0.833. The average molecular weight is 303 g/mol. The second kappa shape index (κ2) is 5.83. The smallest absolute Gasteiger partial charge is 0.213 e. The highest BCUT2D eigenvalue weighted by Gasteiger charge is 2.16. The van der Waals surface area contributed by atoms with Crippen LogP contribution < -0.4 is 4.74 Å². The number of hydrogen-bond acceptors (Lipinski definition) is 5. The zero-order valence-electron chi connectivity index (χ0n) is 12.0. The molecule has 5 nitrogen and oxygen atoms in total. The Kier molecular flexibility index (Phi) is 3.90. The fraction of sp³-hybridized carbons (Fsp3) is 0.333. The second-order valence-electron chi connectivity index (χ2n) is 4.57. The van der Waals surface area contributed by atoms with Crippen molar-refractivity contribution >= 4 is 16.3 Å². The zero-order valence-corrected chi connectivity index (χ0v) is 12.9. The molecule has 1 aromatic carbocycles. The first-order valence-corrected chi connectivity index (χ1v) is 7.79. The van der Waals surface area contributed by atoms with Crippen molar-refractivity contribution in [3.05, 3.63) is 35.0 Å². The van der Waals surface area contributed by atoms with Crippen molar-refractivity contribution in [1.82, 2.24) is 14.6 Å². The Labute approximate surface area is 126 Å². The molecule has 0 fully saturated rings. The molecule has 0 saturated carbocycles. The average Bonchev–Trinajstić information content (AvgIpc) is 3.05. The van der Waals surface area contributed by atoms with Crippen LogP contribution in [0.25, 0.3) is 16.2 Å². The van der Waals surface area contributed by atoms with Gasteiger partial charge in [-0.05, 0) is 37.6 Å². The molecule has 2 aromatic heterocycles. The Morgan fingerprint density at radius 3 is 2.62 bits per heavy atom. The number of aryl methyl sites for hydroxylation is 1. The molecule has 2 heterocycles. The van der Waals surface area contributed by atoms with Gasteiger partial charge in [0.1, 0.15) is 10.8 Å². The van der Waals surface area contributed by atoms with Crippen LogP contribution in [-0.4, -0.2) is 26.3 Å². The summed E-state index contributed by atoms with van der Waals surface area (Å²) >= 11 is 1.56. The van der Waals surface area contributed by atoms with Crippen molar-refractivity contribution in [2.75, 3.05) is 6.61 Å². The van der Waals surface area contributed by atoms with Crippen molar-refractivity contribution in [2.24, 2.45) is 0 Å². The van der Waals surface area contributed by atoms with Crippen molar-refractivity contribution in [2.45, 2.75) is 26.9 Å². The lowest BCUT2D eigenvalue weighted by molar-refractivity contribution is 0.275. The number of ether oxygens (including phenoxy) is 1. The molecule has 0 amide bonds. The molecule has 21 heavy (non-hydrogen) atoms. The van der Waals surface area contributed by atoms with Crippen LogP contribution in [0, 0.1) is 0 Å². The molecule has 3 aromatic rings. The maximum Gasteiger partial charge on any atom is 0.213 e. The SMILES string of the molecule is CCOc1ccc(-c2nc3sc(CC)nn3c2CO)cc1. The summed E-state index contributed by atoms with van der Waals surface area (Å²) in [6.45, 7) is 4.57. The fourth-order valence-electron chi connectivity index (χ4n) is 2.22. The van der Waals surface area contributed by atoms with Gasteiger partial charge in [-0.2, -0.15) is 5.10 Å². The van der Waals surface area contributed by atoms with E-state index in [1.165, 1.54) is 0 Å². The molecule has 0 radical (unpaired) electrons. The van der Waals surface area contributed by atoms with E-state index in [1.807, 2.05) is 31.2 Å². The summed E-state index contributed by atoms with van der Waals surface area (Å²) in [7, 11) is 0. The van der Waals surface area contributed by atoms with Crippen LogP contribution in [0.4, 0.5) is 0 Å². The molecule has 0 aliphatic heterocycles. The third kappa shape index (κ3) is 2.52. The van der Waals surface area contributed by atoms with Gasteiger partial charge in [0.25, 0.3) is 0 Å². The van der Waals surface area contributed by atoms with E-state index in [4.69, 9.17) is 4.74 Å². The predicted octanol–water partition coefficient (Wildman–Crippen LogP) is 2.91. The molecule has 3 rings (SSSR count). The quantitative estimate of drug-likeness (QED) is 0.787. The molecule has 0 unspecified atom stereocenters. The highest BCUT2D eigenvalue weighted by Crippen LogP contribution is 2.28. The maximum absolute atomic E-state index is 9.67. The van der Waals surface area contributed by atoms with Gasteiger partial charge in [0.2, 0.25) is 4.96 Å². The van der Waals surface area contributed by atoms with E-state index >= 15 is 0 Å². The van der Waals surface area contributed by atoms with E-state index in [-0.39, 0.29) is 6.61 Å². The molecule has 0 saturated heterocycles. The lowest BCUT2D eigenvalue weighted by atomic mass is 10.1. The molecule has 0 bridgehead atoms. The predicted molar refractivity (Wildman–Crippen MR) is 82.8 cm³/mol. The standard InChI is InChI=1S/C15H17N3O2S/c1-3-13-17-18-12(9-19)14(16-15(18)21-13)10-5-7-11(8-6-10)20-4-2/h5-8,19H,3-4,9H2,1-2H3.